The van der Waals surface area contributed by atoms with E-state index in [4.69, 9.17) is 4.74 Å². The Morgan fingerprint density at radius 2 is 1.96 bits per heavy atom. The molecule has 1 amide bonds. The van der Waals surface area contributed by atoms with Crippen LogP contribution in [0.25, 0.3) is 0 Å². The molecule has 0 bridgehead atoms. The van der Waals surface area contributed by atoms with Gasteiger partial charge in [0.05, 0.1) is 0 Å². The quantitative estimate of drug-likeness (QED) is 0.851. The van der Waals surface area contributed by atoms with E-state index in [9.17, 15) is 9.18 Å². The summed E-state index contributed by atoms with van der Waals surface area (Å²) in [4.78, 5) is 21.0. The summed E-state index contributed by atoms with van der Waals surface area (Å²) >= 11 is 0. The average Bonchev–Trinajstić information content (AvgIpc) is 2.67. The predicted molar refractivity (Wildman–Crippen MR) is 97.7 cm³/mol. The minimum atomic E-state index is -0.482. The molecular formula is C19H23FN4O2. The zero-order valence-corrected chi connectivity index (χ0v) is 14.8. The Morgan fingerprint density at radius 1 is 1.19 bits per heavy atom. The van der Waals surface area contributed by atoms with Crippen molar-refractivity contribution in [2.45, 2.75) is 6.54 Å². The molecule has 1 aliphatic heterocycles. The number of hydrogen-bond donors (Lipinski definition) is 1. The zero-order valence-electron chi connectivity index (χ0n) is 14.8. The lowest BCUT2D eigenvalue weighted by atomic mass is 10.2. The van der Waals surface area contributed by atoms with Crippen LogP contribution in [0.1, 0.15) is 5.56 Å². The summed E-state index contributed by atoms with van der Waals surface area (Å²) in [6.07, 6.45) is 1.76. The van der Waals surface area contributed by atoms with Crippen LogP contribution in [0.4, 0.5) is 10.2 Å². The van der Waals surface area contributed by atoms with E-state index >= 15 is 0 Å². The molecular weight excluding hydrogens is 335 g/mol. The number of halogens is 1. The van der Waals surface area contributed by atoms with Crippen molar-refractivity contribution in [3.63, 3.8) is 0 Å². The van der Waals surface area contributed by atoms with Gasteiger partial charge in [0.25, 0.3) is 5.91 Å². The summed E-state index contributed by atoms with van der Waals surface area (Å²) < 4.78 is 18.7. The van der Waals surface area contributed by atoms with Gasteiger partial charge in [-0.1, -0.05) is 18.2 Å². The number of amides is 1. The minimum absolute atomic E-state index is 0.0714. The van der Waals surface area contributed by atoms with Crippen molar-refractivity contribution in [3.05, 3.63) is 54.0 Å². The van der Waals surface area contributed by atoms with E-state index < -0.39 is 5.82 Å². The summed E-state index contributed by atoms with van der Waals surface area (Å²) in [6, 6.07) is 9.84. The van der Waals surface area contributed by atoms with E-state index in [1.807, 2.05) is 12.1 Å². The minimum Gasteiger partial charge on any atom is -0.481 e. The lowest BCUT2D eigenvalue weighted by Gasteiger charge is -2.34. The number of hydrogen-bond acceptors (Lipinski definition) is 5. The van der Waals surface area contributed by atoms with Gasteiger partial charge in [-0.3, -0.25) is 4.79 Å². The average molecular weight is 358 g/mol. The van der Waals surface area contributed by atoms with Gasteiger partial charge in [0.2, 0.25) is 0 Å². The Kier molecular flexibility index (Phi) is 6.01. The third-order valence-corrected chi connectivity index (χ3v) is 4.34. The molecule has 0 radical (unpaired) electrons. The Balaban J connectivity index is 1.54. The van der Waals surface area contributed by atoms with Gasteiger partial charge < -0.3 is 19.9 Å². The van der Waals surface area contributed by atoms with E-state index in [0.717, 1.165) is 37.6 Å². The van der Waals surface area contributed by atoms with Crippen molar-refractivity contribution >= 4 is 11.7 Å². The third kappa shape index (κ3) is 4.70. The number of ether oxygens (including phenoxy) is 1. The number of piperazine rings is 1. The summed E-state index contributed by atoms with van der Waals surface area (Å²) in [5, 5.41) is 2.81. The van der Waals surface area contributed by atoms with E-state index in [1.165, 1.54) is 12.1 Å². The highest BCUT2D eigenvalue weighted by molar-refractivity contribution is 5.77. The Hall–Kier alpha value is -2.67. The maximum absolute atomic E-state index is 13.5. The van der Waals surface area contributed by atoms with Crippen LogP contribution >= 0.6 is 0 Å². The molecule has 0 saturated carbocycles. The number of para-hydroxylation sites is 1. The summed E-state index contributed by atoms with van der Waals surface area (Å²) in [5.41, 5.74) is 0.955. The number of benzene rings is 1. The molecule has 1 N–H and O–H groups in total. The maximum atomic E-state index is 13.5. The Morgan fingerprint density at radius 3 is 2.73 bits per heavy atom. The first-order valence-electron chi connectivity index (χ1n) is 8.65. The van der Waals surface area contributed by atoms with Gasteiger partial charge >= 0.3 is 0 Å². The van der Waals surface area contributed by atoms with E-state index in [-0.39, 0.29) is 18.3 Å². The summed E-state index contributed by atoms with van der Waals surface area (Å²) in [6.45, 7) is 3.91. The molecule has 2 aromatic rings. The van der Waals surface area contributed by atoms with Gasteiger partial charge in [-0.05, 0) is 25.2 Å². The number of anilines is 1. The molecule has 1 fully saturated rings. The van der Waals surface area contributed by atoms with E-state index in [2.05, 4.69) is 27.1 Å². The summed E-state index contributed by atoms with van der Waals surface area (Å²) in [7, 11) is 2.10. The lowest BCUT2D eigenvalue weighted by Crippen LogP contribution is -2.45. The molecule has 0 unspecified atom stereocenters. The number of carbonyl (C=O) groups excluding carboxylic acids is 1. The third-order valence-electron chi connectivity index (χ3n) is 4.34. The van der Waals surface area contributed by atoms with Gasteiger partial charge in [-0.25, -0.2) is 9.37 Å². The van der Waals surface area contributed by atoms with Gasteiger partial charge in [-0.2, -0.15) is 0 Å². The number of nitrogens with zero attached hydrogens (tertiary/aromatic N) is 3. The number of carbonyl (C=O) groups is 1. The number of pyridine rings is 1. The van der Waals surface area contributed by atoms with Crippen LogP contribution in [-0.4, -0.2) is 55.6 Å². The number of rotatable bonds is 6. The van der Waals surface area contributed by atoms with Crippen LogP contribution in [0.15, 0.2) is 42.6 Å². The van der Waals surface area contributed by atoms with Gasteiger partial charge in [-0.15, -0.1) is 0 Å². The number of nitrogens with one attached hydrogen (secondary N) is 1. The molecule has 138 valence electrons. The normalized spacial score (nSPS) is 14.9. The first-order chi connectivity index (χ1) is 12.6. The molecule has 1 saturated heterocycles. The molecule has 0 spiro atoms. The molecule has 6 nitrogen and oxygen atoms in total. The summed E-state index contributed by atoms with van der Waals surface area (Å²) in [5.74, 6) is 0.185. The highest BCUT2D eigenvalue weighted by Crippen LogP contribution is 2.19. The fourth-order valence-corrected chi connectivity index (χ4v) is 2.82. The Bertz CT molecular complexity index is 748. The van der Waals surface area contributed by atoms with Gasteiger partial charge in [0.1, 0.15) is 5.82 Å². The molecule has 7 heteroatoms. The van der Waals surface area contributed by atoms with Crippen LogP contribution < -0.4 is 15.0 Å². The van der Waals surface area contributed by atoms with Crippen molar-refractivity contribution < 1.29 is 13.9 Å². The molecule has 1 aliphatic rings. The van der Waals surface area contributed by atoms with Gasteiger partial charge in [0, 0.05) is 44.5 Å². The molecule has 1 aromatic heterocycles. The van der Waals surface area contributed by atoms with Crippen LogP contribution in [-0.2, 0) is 11.3 Å². The van der Waals surface area contributed by atoms with Crippen molar-refractivity contribution in [2.24, 2.45) is 0 Å². The molecule has 2 heterocycles. The molecule has 1 aromatic carbocycles. The van der Waals surface area contributed by atoms with E-state index in [1.54, 1.807) is 18.3 Å². The lowest BCUT2D eigenvalue weighted by molar-refractivity contribution is -0.123. The first kappa shape index (κ1) is 18.1. The highest BCUT2D eigenvalue weighted by atomic mass is 19.1. The largest absolute Gasteiger partial charge is 0.481 e. The first-order valence-corrected chi connectivity index (χ1v) is 8.65. The fourth-order valence-electron chi connectivity index (χ4n) is 2.82. The van der Waals surface area contributed by atoms with Crippen LogP contribution in [0.5, 0.6) is 5.75 Å². The molecule has 0 atom stereocenters. The van der Waals surface area contributed by atoms with Crippen LogP contribution in [0.2, 0.25) is 0 Å². The molecule has 3 rings (SSSR count). The van der Waals surface area contributed by atoms with E-state index in [0.29, 0.717) is 6.54 Å². The standard InChI is InChI=1S/C19H23FN4O2/c1-23-9-11-24(12-10-23)19-15(5-4-8-21-19)13-22-18(25)14-26-17-7-3-2-6-16(17)20/h2-8H,9-14H2,1H3,(H,22,25). The van der Waals surface area contributed by atoms with Crippen LogP contribution in [0, 0.1) is 5.82 Å². The smallest absolute Gasteiger partial charge is 0.258 e. The van der Waals surface area contributed by atoms with Crippen molar-refractivity contribution in [3.8, 4) is 5.75 Å². The highest BCUT2D eigenvalue weighted by Gasteiger charge is 2.18. The second kappa shape index (κ2) is 8.62. The zero-order chi connectivity index (χ0) is 18.4. The number of likely N-dealkylation sites (N-methyl/N-ethyl adjacent to an activating group) is 1. The van der Waals surface area contributed by atoms with Crippen molar-refractivity contribution in [1.82, 2.24) is 15.2 Å². The molecule has 0 aliphatic carbocycles. The predicted octanol–water partition coefficient (Wildman–Crippen LogP) is 1.67. The van der Waals surface area contributed by atoms with Crippen molar-refractivity contribution in [2.75, 3.05) is 44.7 Å². The maximum Gasteiger partial charge on any atom is 0.258 e. The SMILES string of the molecule is CN1CCN(c2ncccc2CNC(=O)COc2ccccc2F)CC1. The second-order valence-electron chi connectivity index (χ2n) is 6.27. The topological polar surface area (TPSA) is 57.7 Å². The monoisotopic (exact) mass is 358 g/mol. The van der Waals surface area contributed by atoms with Crippen LogP contribution in [0.3, 0.4) is 0 Å². The van der Waals surface area contributed by atoms with Crippen molar-refractivity contribution in [1.29, 1.82) is 0 Å². The molecule has 26 heavy (non-hydrogen) atoms. The Labute approximate surface area is 152 Å². The van der Waals surface area contributed by atoms with Gasteiger partial charge in [0.15, 0.2) is 18.2 Å². The number of aromatic nitrogens is 1. The second-order valence-corrected chi connectivity index (χ2v) is 6.27. The fraction of sp³-hybridized carbons (Fsp3) is 0.368.